The summed E-state index contributed by atoms with van der Waals surface area (Å²) in [7, 11) is 1.69. The standard InChI is InChI=1S/C15H23NO2/c1-9-7-13(10(2)11(3)15(9)18-4)14(17)8-16-12-5-6-12/h7,12,14,16-17H,5-6,8H2,1-4H3. The number of benzene rings is 1. The van der Waals surface area contributed by atoms with Crippen molar-refractivity contribution in [2.24, 2.45) is 0 Å². The zero-order chi connectivity index (χ0) is 13.3. The molecule has 1 aliphatic rings. The van der Waals surface area contributed by atoms with Crippen LogP contribution in [0.25, 0.3) is 0 Å². The van der Waals surface area contributed by atoms with Crippen LogP contribution in [0.4, 0.5) is 0 Å². The van der Waals surface area contributed by atoms with Gasteiger partial charge in [-0.3, -0.25) is 0 Å². The number of rotatable bonds is 5. The van der Waals surface area contributed by atoms with Crippen LogP contribution in [0, 0.1) is 20.8 Å². The summed E-state index contributed by atoms with van der Waals surface area (Å²) >= 11 is 0. The molecule has 3 nitrogen and oxygen atoms in total. The average molecular weight is 249 g/mol. The van der Waals surface area contributed by atoms with E-state index in [1.165, 1.54) is 12.8 Å². The number of aliphatic hydroxyl groups is 1. The lowest BCUT2D eigenvalue weighted by Gasteiger charge is -2.19. The van der Waals surface area contributed by atoms with Gasteiger partial charge < -0.3 is 15.2 Å². The van der Waals surface area contributed by atoms with Crippen molar-refractivity contribution in [1.82, 2.24) is 5.32 Å². The molecule has 1 atom stereocenters. The van der Waals surface area contributed by atoms with Crippen LogP contribution in [0.15, 0.2) is 6.07 Å². The van der Waals surface area contributed by atoms with E-state index in [0.717, 1.165) is 28.0 Å². The van der Waals surface area contributed by atoms with E-state index in [0.29, 0.717) is 12.6 Å². The van der Waals surface area contributed by atoms with E-state index in [4.69, 9.17) is 4.74 Å². The van der Waals surface area contributed by atoms with E-state index in [1.54, 1.807) is 7.11 Å². The Morgan fingerprint density at radius 3 is 2.56 bits per heavy atom. The monoisotopic (exact) mass is 249 g/mol. The van der Waals surface area contributed by atoms with Crippen LogP contribution >= 0.6 is 0 Å². The van der Waals surface area contributed by atoms with E-state index >= 15 is 0 Å². The Labute approximate surface area is 109 Å². The maximum Gasteiger partial charge on any atom is 0.124 e. The van der Waals surface area contributed by atoms with Gasteiger partial charge in [-0.1, -0.05) is 0 Å². The van der Waals surface area contributed by atoms with Crippen LogP contribution in [0.3, 0.4) is 0 Å². The fourth-order valence-electron chi connectivity index (χ4n) is 2.43. The predicted octanol–water partition coefficient (Wildman–Crippen LogP) is 2.41. The summed E-state index contributed by atoms with van der Waals surface area (Å²) in [5.41, 5.74) is 4.35. The van der Waals surface area contributed by atoms with Gasteiger partial charge in [-0.15, -0.1) is 0 Å². The first-order valence-electron chi connectivity index (χ1n) is 6.60. The van der Waals surface area contributed by atoms with Crippen LogP contribution in [0.1, 0.15) is 41.2 Å². The van der Waals surface area contributed by atoms with Crippen molar-refractivity contribution in [2.75, 3.05) is 13.7 Å². The molecule has 2 N–H and O–H groups in total. The molecule has 18 heavy (non-hydrogen) atoms. The minimum Gasteiger partial charge on any atom is -0.496 e. The molecule has 0 saturated heterocycles. The van der Waals surface area contributed by atoms with Crippen molar-refractivity contribution >= 4 is 0 Å². The van der Waals surface area contributed by atoms with E-state index in [-0.39, 0.29) is 0 Å². The highest BCUT2D eigenvalue weighted by Crippen LogP contribution is 2.31. The minimum absolute atomic E-state index is 0.436. The van der Waals surface area contributed by atoms with Gasteiger partial charge in [0.1, 0.15) is 5.75 Å². The van der Waals surface area contributed by atoms with Gasteiger partial charge in [-0.05, 0) is 61.9 Å². The summed E-state index contributed by atoms with van der Waals surface area (Å²) < 4.78 is 5.40. The molecule has 0 aromatic heterocycles. The molecular formula is C15H23NO2. The molecule has 2 rings (SSSR count). The number of ether oxygens (including phenoxy) is 1. The molecule has 0 heterocycles. The lowest BCUT2D eigenvalue weighted by Crippen LogP contribution is -2.24. The third kappa shape index (κ3) is 2.68. The molecule has 1 aliphatic carbocycles. The van der Waals surface area contributed by atoms with Gasteiger partial charge in [0, 0.05) is 12.6 Å². The fraction of sp³-hybridized carbons (Fsp3) is 0.600. The average Bonchev–Trinajstić information content (AvgIpc) is 3.15. The van der Waals surface area contributed by atoms with Crippen molar-refractivity contribution in [3.8, 4) is 5.75 Å². The highest BCUT2D eigenvalue weighted by Gasteiger charge is 2.23. The summed E-state index contributed by atoms with van der Waals surface area (Å²) in [4.78, 5) is 0. The number of methoxy groups -OCH3 is 1. The largest absolute Gasteiger partial charge is 0.496 e. The zero-order valence-electron chi connectivity index (χ0n) is 11.7. The second kappa shape index (κ2) is 5.29. The predicted molar refractivity (Wildman–Crippen MR) is 73.2 cm³/mol. The quantitative estimate of drug-likeness (QED) is 0.842. The number of hydrogen-bond donors (Lipinski definition) is 2. The van der Waals surface area contributed by atoms with Crippen molar-refractivity contribution in [1.29, 1.82) is 0 Å². The van der Waals surface area contributed by atoms with Gasteiger partial charge in [0.2, 0.25) is 0 Å². The molecule has 1 aromatic rings. The molecule has 0 bridgehead atoms. The Hall–Kier alpha value is -1.06. The Balaban J connectivity index is 2.20. The molecule has 0 radical (unpaired) electrons. The van der Waals surface area contributed by atoms with E-state index in [2.05, 4.69) is 5.32 Å². The van der Waals surface area contributed by atoms with Crippen LogP contribution in [-0.4, -0.2) is 24.8 Å². The molecule has 3 heteroatoms. The van der Waals surface area contributed by atoms with Crippen molar-refractivity contribution in [3.63, 3.8) is 0 Å². The lowest BCUT2D eigenvalue weighted by atomic mass is 9.95. The van der Waals surface area contributed by atoms with Crippen LogP contribution in [0.5, 0.6) is 5.75 Å². The molecule has 0 amide bonds. The minimum atomic E-state index is -0.436. The zero-order valence-corrected chi connectivity index (χ0v) is 11.7. The number of aliphatic hydroxyl groups excluding tert-OH is 1. The van der Waals surface area contributed by atoms with Gasteiger partial charge in [0.05, 0.1) is 13.2 Å². The maximum absolute atomic E-state index is 10.3. The maximum atomic E-state index is 10.3. The smallest absolute Gasteiger partial charge is 0.124 e. The second-order valence-electron chi connectivity index (χ2n) is 5.26. The highest BCUT2D eigenvalue weighted by molar-refractivity contribution is 5.49. The second-order valence-corrected chi connectivity index (χ2v) is 5.26. The Bertz CT molecular complexity index is 439. The van der Waals surface area contributed by atoms with Crippen LogP contribution in [0.2, 0.25) is 0 Å². The first-order valence-corrected chi connectivity index (χ1v) is 6.60. The molecule has 1 unspecified atom stereocenters. The summed E-state index contributed by atoms with van der Waals surface area (Å²) in [6, 6.07) is 2.67. The van der Waals surface area contributed by atoms with Gasteiger partial charge in [-0.2, -0.15) is 0 Å². The van der Waals surface area contributed by atoms with Gasteiger partial charge in [0.15, 0.2) is 0 Å². The molecule has 0 aliphatic heterocycles. The fourth-order valence-corrected chi connectivity index (χ4v) is 2.43. The summed E-state index contributed by atoms with van der Waals surface area (Å²) in [5.74, 6) is 0.929. The van der Waals surface area contributed by atoms with Crippen molar-refractivity contribution in [3.05, 3.63) is 28.3 Å². The Kier molecular flexibility index (Phi) is 3.93. The van der Waals surface area contributed by atoms with Crippen LogP contribution in [-0.2, 0) is 0 Å². The first-order chi connectivity index (χ1) is 8.54. The Morgan fingerprint density at radius 2 is 2.00 bits per heavy atom. The summed E-state index contributed by atoms with van der Waals surface area (Å²) in [5, 5.41) is 13.7. The normalized spacial score (nSPS) is 16.7. The van der Waals surface area contributed by atoms with Crippen molar-refractivity contribution < 1.29 is 9.84 Å². The molecule has 1 saturated carbocycles. The van der Waals surface area contributed by atoms with Gasteiger partial charge in [-0.25, -0.2) is 0 Å². The van der Waals surface area contributed by atoms with E-state index in [1.807, 2.05) is 26.8 Å². The number of nitrogens with one attached hydrogen (secondary N) is 1. The SMILES string of the molecule is COc1c(C)cc(C(O)CNC2CC2)c(C)c1C. The third-order valence-electron chi connectivity index (χ3n) is 3.81. The van der Waals surface area contributed by atoms with Gasteiger partial charge in [0.25, 0.3) is 0 Å². The number of hydrogen-bond acceptors (Lipinski definition) is 3. The van der Waals surface area contributed by atoms with Crippen LogP contribution < -0.4 is 10.1 Å². The first kappa shape index (κ1) is 13.4. The summed E-state index contributed by atoms with van der Waals surface area (Å²) in [6.45, 7) is 6.76. The molecule has 1 aromatic carbocycles. The highest BCUT2D eigenvalue weighted by atomic mass is 16.5. The molecular weight excluding hydrogens is 226 g/mol. The molecule has 0 spiro atoms. The lowest BCUT2D eigenvalue weighted by molar-refractivity contribution is 0.173. The van der Waals surface area contributed by atoms with Gasteiger partial charge >= 0.3 is 0 Å². The molecule has 1 fully saturated rings. The summed E-state index contributed by atoms with van der Waals surface area (Å²) in [6.07, 6.45) is 2.05. The third-order valence-corrected chi connectivity index (χ3v) is 3.81. The Morgan fingerprint density at radius 1 is 1.33 bits per heavy atom. The number of aryl methyl sites for hydroxylation is 1. The van der Waals surface area contributed by atoms with E-state index < -0.39 is 6.10 Å². The van der Waals surface area contributed by atoms with Crippen molar-refractivity contribution in [2.45, 2.75) is 45.8 Å². The molecule has 100 valence electrons. The topological polar surface area (TPSA) is 41.5 Å². The van der Waals surface area contributed by atoms with E-state index in [9.17, 15) is 5.11 Å².